The standard InChI is InChI=1S/C25H20ClN3O9/c1-35-21-11-16(26)9-15(22(21)37-13-14-3-5-17(6-4-14)29(33)34)10-19-23(30)28(25(32)27-19)12-18-7-8-20(38-18)24(31)36-2/h3-11H,12-13H2,1-2H3,(H,27,32)/b19-10-. The minimum absolute atomic E-state index is 0.0274. The Morgan fingerprint density at radius 3 is 2.55 bits per heavy atom. The molecule has 0 aliphatic carbocycles. The van der Waals surface area contributed by atoms with Crippen LogP contribution in [-0.2, 0) is 22.7 Å². The highest BCUT2D eigenvalue weighted by Gasteiger charge is 2.35. The second-order valence-electron chi connectivity index (χ2n) is 7.88. The van der Waals surface area contributed by atoms with Crippen LogP contribution in [0.15, 0.2) is 58.6 Å². The third-order valence-corrected chi connectivity index (χ3v) is 5.64. The number of hydrogen-bond donors (Lipinski definition) is 1. The van der Waals surface area contributed by atoms with E-state index in [0.29, 0.717) is 11.1 Å². The van der Waals surface area contributed by atoms with Gasteiger partial charge in [0.05, 0.1) is 25.7 Å². The number of amides is 3. The average molecular weight is 542 g/mol. The summed E-state index contributed by atoms with van der Waals surface area (Å²) in [5, 5.41) is 13.7. The van der Waals surface area contributed by atoms with Crippen LogP contribution in [0.3, 0.4) is 0 Å². The van der Waals surface area contributed by atoms with E-state index in [2.05, 4.69) is 10.1 Å². The molecule has 0 spiro atoms. The summed E-state index contributed by atoms with van der Waals surface area (Å²) in [6.45, 7) is -0.193. The number of imide groups is 1. The van der Waals surface area contributed by atoms with Gasteiger partial charge in [0.2, 0.25) is 5.76 Å². The number of hydrogen-bond acceptors (Lipinski definition) is 9. The lowest BCUT2D eigenvalue weighted by atomic mass is 10.1. The average Bonchev–Trinajstić information content (AvgIpc) is 3.48. The van der Waals surface area contributed by atoms with Gasteiger partial charge < -0.3 is 23.9 Å². The van der Waals surface area contributed by atoms with Gasteiger partial charge in [-0.05, 0) is 42.0 Å². The van der Waals surface area contributed by atoms with Crippen LogP contribution in [0, 0.1) is 10.1 Å². The SMILES string of the molecule is COC(=O)c1ccc(CN2C(=O)N/C(=C\c3cc(Cl)cc(OC)c3OCc3ccc([N+](=O)[O-])cc3)C2=O)o1. The Kier molecular flexibility index (Phi) is 7.63. The molecular weight excluding hydrogens is 522 g/mol. The van der Waals surface area contributed by atoms with Gasteiger partial charge in [0.1, 0.15) is 18.1 Å². The first-order chi connectivity index (χ1) is 18.2. The van der Waals surface area contributed by atoms with Crippen molar-refractivity contribution < 1.29 is 37.9 Å². The Bertz CT molecular complexity index is 1450. The summed E-state index contributed by atoms with van der Waals surface area (Å²) >= 11 is 6.23. The van der Waals surface area contributed by atoms with Gasteiger partial charge in [0.25, 0.3) is 11.6 Å². The third kappa shape index (κ3) is 5.60. The molecule has 0 saturated carbocycles. The predicted molar refractivity (Wildman–Crippen MR) is 133 cm³/mol. The third-order valence-electron chi connectivity index (χ3n) is 5.42. The number of nitrogens with one attached hydrogen (secondary N) is 1. The molecule has 196 valence electrons. The predicted octanol–water partition coefficient (Wildman–Crippen LogP) is 4.31. The molecule has 1 aliphatic heterocycles. The maximum atomic E-state index is 13.0. The van der Waals surface area contributed by atoms with E-state index in [9.17, 15) is 24.5 Å². The van der Waals surface area contributed by atoms with Gasteiger partial charge in [-0.2, -0.15) is 0 Å². The Balaban J connectivity index is 1.57. The van der Waals surface area contributed by atoms with Crippen molar-refractivity contribution in [3.05, 3.63) is 92.0 Å². The van der Waals surface area contributed by atoms with E-state index in [4.69, 9.17) is 25.5 Å². The lowest BCUT2D eigenvalue weighted by molar-refractivity contribution is -0.384. The molecular formula is C25H20ClN3O9. The molecule has 0 atom stereocenters. The maximum absolute atomic E-state index is 13.0. The van der Waals surface area contributed by atoms with Gasteiger partial charge in [-0.25, -0.2) is 9.59 Å². The van der Waals surface area contributed by atoms with Crippen LogP contribution in [0.1, 0.15) is 27.4 Å². The number of carbonyl (C=O) groups excluding carboxylic acids is 3. The molecule has 0 bridgehead atoms. The van der Waals surface area contributed by atoms with E-state index in [0.717, 1.165) is 4.90 Å². The normalized spacial score (nSPS) is 14.0. The summed E-state index contributed by atoms with van der Waals surface area (Å²) in [7, 11) is 2.62. The topological polar surface area (TPSA) is 150 Å². The van der Waals surface area contributed by atoms with Gasteiger partial charge in [0, 0.05) is 28.8 Å². The minimum Gasteiger partial charge on any atom is -0.493 e. The first kappa shape index (κ1) is 26.2. The highest BCUT2D eigenvalue weighted by atomic mass is 35.5. The number of nitrogens with zero attached hydrogens (tertiary/aromatic N) is 2. The summed E-state index contributed by atoms with van der Waals surface area (Å²) in [6, 6.07) is 11.0. The molecule has 3 aromatic rings. The number of urea groups is 1. The number of non-ortho nitro benzene ring substituents is 1. The molecule has 1 aliphatic rings. The molecule has 0 unspecified atom stereocenters. The van der Waals surface area contributed by atoms with Gasteiger partial charge >= 0.3 is 12.0 Å². The van der Waals surface area contributed by atoms with E-state index >= 15 is 0 Å². The fourth-order valence-electron chi connectivity index (χ4n) is 3.57. The van der Waals surface area contributed by atoms with Crippen molar-refractivity contribution in [3.8, 4) is 11.5 Å². The summed E-state index contributed by atoms with van der Waals surface area (Å²) in [5.74, 6) is -0.697. The Labute approximate surface area is 220 Å². The molecule has 4 rings (SSSR count). The number of halogens is 1. The number of nitro benzene ring substituents is 1. The zero-order chi connectivity index (χ0) is 27.4. The number of benzene rings is 2. The minimum atomic E-state index is -0.695. The summed E-state index contributed by atoms with van der Waals surface area (Å²) in [4.78, 5) is 48.4. The molecule has 3 amide bonds. The van der Waals surface area contributed by atoms with Crippen LogP contribution in [0.5, 0.6) is 11.5 Å². The molecule has 1 N–H and O–H groups in total. The van der Waals surface area contributed by atoms with Crippen LogP contribution in [-0.4, -0.2) is 42.0 Å². The Hall–Kier alpha value is -4.84. The molecule has 2 aromatic carbocycles. The number of ether oxygens (including phenoxy) is 3. The summed E-state index contributed by atoms with van der Waals surface area (Å²) in [6.07, 6.45) is 1.39. The number of rotatable bonds is 9. The number of carbonyl (C=O) groups is 3. The lowest BCUT2D eigenvalue weighted by Crippen LogP contribution is -2.30. The van der Waals surface area contributed by atoms with Crippen LogP contribution >= 0.6 is 11.6 Å². The van der Waals surface area contributed by atoms with Crippen molar-refractivity contribution in [1.29, 1.82) is 0 Å². The van der Waals surface area contributed by atoms with Gasteiger partial charge in [0.15, 0.2) is 11.5 Å². The van der Waals surface area contributed by atoms with Crippen molar-refractivity contribution >= 4 is 41.3 Å². The fraction of sp³-hybridized carbons (Fsp3) is 0.160. The van der Waals surface area contributed by atoms with Crippen molar-refractivity contribution in [3.63, 3.8) is 0 Å². The van der Waals surface area contributed by atoms with Crippen molar-refractivity contribution in [2.75, 3.05) is 14.2 Å². The van der Waals surface area contributed by atoms with E-state index in [1.165, 1.54) is 56.7 Å². The molecule has 1 aromatic heterocycles. The molecule has 0 radical (unpaired) electrons. The summed E-state index contributed by atoms with van der Waals surface area (Å²) in [5.41, 5.74) is 0.874. The van der Waals surface area contributed by atoms with E-state index in [-0.39, 0.29) is 52.6 Å². The van der Waals surface area contributed by atoms with Crippen LogP contribution in [0.4, 0.5) is 10.5 Å². The van der Waals surface area contributed by atoms with E-state index in [1.54, 1.807) is 12.1 Å². The van der Waals surface area contributed by atoms with E-state index < -0.39 is 22.8 Å². The zero-order valence-electron chi connectivity index (χ0n) is 20.1. The highest BCUT2D eigenvalue weighted by Crippen LogP contribution is 2.37. The van der Waals surface area contributed by atoms with Crippen LogP contribution in [0.25, 0.3) is 6.08 Å². The lowest BCUT2D eigenvalue weighted by Gasteiger charge is -2.14. The Morgan fingerprint density at radius 1 is 1.16 bits per heavy atom. The van der Waals surface area contributed by atoms with E-state index in [1.807, 2.05) is 0 Å². The Morgan fingerprint density at radius 2 is 1.89 bits per heavy atom. The fourth-order valence-corrected chi connectivity index (χ4v) is 3.79. The van der Waals surface area contributed by atoms with Crippen LogP contribution in [0.2, 0.25) is 5.02 Å². The van der Waals surface area contributed by atoms with Gasteiger partial charge in [-0.3, -0.25) is 19.8 Å². The van der Waals surface area contributed by atoms with Crippen molar-refractivity contribution in [2.24, 2.45) is 0 Å². The second-order valence-corrected chi connectivity index (χ2v) is 8.31. The van der Waals surface area contributed by atoms with Gasteiger partial charge in [-0.15, -0.1) is 0 Å². The maximum Gasteiger partial charge on any atom is 0.373 e. The first-order valence-electron chi connectivity index (χ1n) is 11.0. The summed E-state index contributed by atoms with van der Waals surface area (Å²) < 4.78 is 21.3. The molecule has 38 heavy (non-hydrogen) atoms. The highest BCUT2D eigenvalue weighted by molar-refractivity contribution is 6.31. The largest absolute Gasteiger partial charge is 0.493 e. The number of esters is 1. The molecule has 13 heteroatoms. The quantitative estimate of drug-likeness (QED) is 0.137. The molecule has 12 nitrogen and oxygen atoms in total. The molecule has 1 fully saturated rings. The smallest absolute Gasteiger partial charge is 0.373 e. The zero-order valence-corrected chi connectivity index (χ0v) is 20.8. The second kappa shape index (κ2) is 11.0. The van der Waals surface area contributed by atoms with Gasteiger partial charge in [-0.1, -0.05) is 11.6 Å². The number of nitro groups is 1. The molecule has 2 heterocycles. The van der Waals surface area contributed by atoms with Crippen molar-refractivity contribution in [1.82, 2.24) is 10.2 Å². The monoisotopic (exact) mass is 541 g/mol. The molecule has 1 saturated heterocycles. The number of furan rings is 1. The van der Waals surface area contributed by atoms with Crippen LogP contribution < -0.4 is 14.8 Å². The number of methoxy groups -OCH3 is 2. The first-order valence-corrected chi connectivity index (χ1v) is 11.3. The van der Waals surface area contributed by atoms with Crippen molar-refractivity contribution in [2.45, 2.75) is 13.2 Å².